The van der Waals surface area contributed by atoms with Gasteiger partial charge in [0.2, 0.25) is 5.91 Å². The van der Waals surface area contributed by atoms with E-state index in [4.69, 9.17) is 14.0 Å². The minimum Gasteiger partial charge on any atom is -0.381 e. The summed E-state index contributed by atoms with van der Waals surface area (Å²) < 4.78 is 40.6. The summed E-state index contributed by atoms with van der Waals surface area (Å²) in [5.74, 6) is 0.127. The van der Waals surface area contributed by atoms with Gasteiger partial charge in [-0.2, -0.15) is 0 Å². The van der Waals surface area contributed by atoms with Crippen LogP contribution in [0.3, 0.4) is 0 Å². The third kappa shape index (κ3) is 4.93. The van der Waals surface area contributed by atoms with E-state index in [9.17, 15) is 13.2 Å². The summed E-state index contributed by atoms with van der Waals surface area (Å²) >= 11 is 0. The van der Waals surface area contributed by atoms with Crippen LogP contribution in [0, 0.1) is 0 Å². The minimum absolute atomic E-state index is 0.193. The summed E-state index contributed by atoms with van der Waals surface area (Å²) in [6.45, 7) is 10.7. The lowest BCUT2D eigenvalue weighted by molar-refractivity contribution is -0.117. The molecule has 1 aromatic heterocycles. The van der Waals surface area contributed by atoms with Gasteiger partial charge in [0.25, 0.3) is 0 Å². The molecule has 9 heteroatoms. The molecule has 0 unspecified atom stereocenters. The number of nitrogens with one attached hydrogen (secondary N) is 1. The zero-order chi connectivity index (χ0) is 21.0. The summed E-state index contributed by atoms with van der Waals surface area (Å²) in [5, 5.41) is 5.89. The van der Waals surface area contributed by atoms with Gasteiger partial charge in [-0.1, -0.05) is 25.9 Å². The molecule has 0 bridgehead atoms. The molecule has 160 valence electrons. The van der Waals surface area contributed by atoms with Crippen LogP contribution >= 0.6 is 0 Å². The van der Waals surface area contributed by atoms with Gasteiger partial charge in [0.1, 0.15) is 10.5 Å². The third-order valence-electron chi connectivity index (χ3n) is 5.10. The highest BCUT2D eigenvalue weighted by molar-refractivity contribution is 7.94. The number of anilines is 1. The Morgan fingerprint density at radius 1 is 1.29 bits per heavy atom. The van der Waals surface area contributed by atoms with Crippen molar-refractivity contribution in [3.05, 3.63) is 11.8 Å². The fraction of sp³-hybridized carbons (Fsp3) is 0.789. The monoisotopic (exact) mass is 416 g/mol. The van der Waals surface area contributed by atoms with E-state index in [2.05, 4.69) is 10.5 Å². The van der Waals surface area contributed by atoms with Gasteiger partial charge in [-0.05, 0) is 33.1 Å². The van der Waals surface area contributed by atoms with Gasteiger partial charge in [0.15, 0.2) is 15.7 Å². The average Bonchev–Trinajstić information content (AvgIpc) is 3.12. The number of carbonyl (C=O) groups excluding carboxylic acids is 1. The smallest absolute Gasteiger partial charge is 0.246 e. The Bertz CT molecular complexity index is 763. The van der Waals surface area contributed by atoms with E-state index in [1.165, 1.54) is 13.8 Å². The molecule has 1 aliphatic rings. The van der Waals surface area contributed by atoms with Crippen molar-refractivity contribution < 1.29 is 27.2 Å². The van der Waals surface area contributed by atoms with Crippen molar-refractivity contribution in [3.8, 4) is 0 Å². The molecular weight excluding hydrogens is 384 g/mol. The highest BCUT2D eigenvalue weighted by Crippen LogP contribution is 2.30. The minimum atomic E-state index is -3.69. The van der Waals surface area contributed by atoms with Crippen molar-refractivity contribution in [1.29, 1.82) is 0 Å². The van der Waals surface area contributed by atoms with E-state index >= 15 is 0 Å². The van der Waals surface area contributed by atoms with Gasteiger partial charge in [0, 0.05) is 31.3 Å². The number of aromatic nitrogens is 1. The Labute approximate surface area is 167 Å². The van der Waals surface area contributed by atoms with Crippen LogP contribution in [0.25, 0.3) is 0 Å². The molecule has 1 saturated heterocycles. The predicted octanol–water partition coefficient (Wildman–Crippen LogP) is 2.69. The molecule has 2 heterocycles. The van der Waals surface area contributed by atoms with Crippen LogP contribution in [-0.4, -0.2) is 55.9 Å². The molecule has 0 aromatic carbocycles. The van der Waals surface area contributed by atoms with Crippen LogP contribution in [0.2, 0.25) is 0 Å². The molecule has 0 radical (unpaired) electrons. The molecule has 0 aliphatic carbocycles. The van der Waals surface area contributed by atoms with Crippen LogP contribution in [-0.2, 0) is 29.5 Å². The van der Waals surface area contributed by atoms with Crippen molar-refractivity contribution in [2.75, 3.05) is 31.7 Å². The molecule has 8 nitrogen and oxygen atoms in total. The zero-order valence-electron chi connectivity index (χ0n) is 17.4. The number of sulfone groups is 1. The summed E-state index contributed by atoms with van der Waals surface area (Å²) in [4.78, 5) is 12.8. The van der Waals surface area contributed by atoms with Gasteiger partial charge < -0.3 is 19.3 Å². The van der Waals surface area contributed by atoms with Crippen LogP contribution < -0.4 is 5.32 Å². The molecular formula is C19H32N2O6S. The van der Waals surface area contributed by atoms with Crippen LogP contribution in [0.15, 0.2) is 10.6 Å². The fourth-order valence-corrected chi connectivity index (χ4v) is 4.95. The van der Waals surface area contributed by atoms with E-state index < -0.39 is 31.2 Å². The van der Waals surface area contributed by atoms with Crippen molar-refractivity contribution in [1.82, 2.24) is 5.16 Å². The summed E-state index contributed by atoms with van der Waals surface area (Å²) in [7, 11) is -3.69. The van der Waals surface area contributed by atoms with Crippen LogP contribution in [0.4, 0.5) is 5.82 Å². The molecule has 0 spiro atoms. The maximum Gasteiger partial charge on any atom is 0.246 e. The first kappa shape index (κ1) is 22.8. The molecule has 28 heavy (non-hydrogen) atoms. The number of hydrogen-bond donors (Lipinski definition) is 1. The second-order valence-corrected chi connectivity index (χ2v) is 11.1. The van der Waals surface area contributed by atoms with Gasteiger partial charge in [0.05, 0.1) is 11.9 Å². The van der Waals surface area contributed by atoms with Crippen molar-refractivity contribution >= 4 is 21.6 Å². The topological polar surface area (TPSA) is 108 Å². The molecule has 1 fully saturated rings. The van der Waals surface area contributed by atoms with Crippen molar-refractivity contribution in [2.24, 2.45) is 0 Å². The maximum absolute atomic E-state index is 13.0. The number of rotatable bonds is 9. The molecule has 0 atom stereocenters. The quantitative estimate of drug-likeness (QED) is 0.617. The first-order chi connectivity index (χ1) is 13.0. The molecule has 1 aliphatic heterocycles. The number of amides is 1. The van der Waals surface area contributed by atoms with Gasteiger partial charge in [-0.3, -0.25) is 4.79 Å². The lowest BCUT2D eigenvalue weighted by Gasteiger charge is -2.30. The summed E-state index contributed by atoms with van der Waals surface area (Å²) in [6.07, 6.45) is 1.72. The predicted molar refractivity (Wildman–Crippen MR) is 106 cm³/mol. The Morgan fingerprint density at radius 2 is 1.93 bits per heavy atom. The van der Waals surface area contributed by atoms with Gasteiger partial charge in [-0.25, -0.2) is 8.42 Å². The second-order valence-electron chi connectivity index (χ2n) is 8.33. The molecule has 0 saturated carbocycles. The highest BCUT2D eigenvalue weighted by Gasteiger charge is 2.46. The fourth-order valence-electron chi connectivity index (χ4n) is 2.99. The van der Waals surface area contributed by atoms with Crippen LogP contribution in [0.1, 0.15) is 59.6 Å². The second kappa shape index (κ2) is 8.92. The molecule has 1 amide bonds. The standard InChI is InChI=1S/C19H32N2O6S/c1-6-9-26-13-18(2,3)15-12-16(21-27-15)20-17(22)19(4,5)28(23,24)14-7-10-25-11-8-14/h12,14H,6-11,13H2,1-5H3,(H,20,21,22). The van der Waals surface area contributed by atoms with Gasteiger partial charge >= 0.3 is 0 Å². The van der Waals surface area contributed by atoms with E-state index in [0.29, 0.717) is 45.0 Å². The van der Waals surface area contributed by atoms with E-state index in [1.54, 1.807) is 6.07 Å². The largest absolute Gasteiger partial charge is 0.381 e. The summed E-state index contributed by atoms with van der Waals surface area (Å²) in [5.41, 5.74) is -0.422. The Morgan fingerprint density at radius 3 is 2.54 bits per heavy atom. The van der Waals surface area contributed by atoms with Crippen molar-refractivity contribution in [3.63, 3.8) is 0 Å². The molecule has 1 aromatic rings. The SMILES string of the molecule is CCCOCC(C)(C)c1cc(NC(=O)C(C)(C)S(=O)(=O)C2CCOCC2)no1. The number of ether oxygens (including phenoxy) is 2. The Kier molecular flexibility index (Phi) is 7.27. The Balaban J connectivity index is 2.08. The lowest BCUT2D eigenvalue weighted by Crippen LogP contribution is -2.50. The first-order valence-electron chi connectivity index (χ1n) is 9.70. The number of nitrogens with zero attached hydrogens (tertiary/aromatic N) is 1. The average molecular weight is 417 g/mol. The van der Waals surface area contributed by atoms with E-state index in [0.717, 1.165) is 6.42 Å². The Hall–Kier alpha value is -1.45. The van der Waals surface area contributed by atoms with E-state index in [1.807, 2.05) is 20.8 Å². The number of carbonyl (C=O) groups is 1. The lowest BCUT2D eigenvalue weighted by atomic mass is 9.91. The molecule has 2 rings (SSSR count). The normalized spacial score (nSPS) is 16.9. The molecule has 1 N–H and O–H groups in total. The van der Waals surface area contributed by atoms with Crippen LogP contribution in [0.5, 0.6) is 0 Å². The zero-order valence-corrected chi connectivity index (χ0v) is 18.2. The first-order valence-corrected chi connectivity index (χ1v) is 11.2. The van der Waals surface area contributed by atoms with E-state index in [-0.39, 0.29) is 5.82 Å². The van der Waals surface area contributed by atoms with Crippen molar-refractivity contribution in [2.45, 2.75) is 69.3 Å². The third-order valence-corrected chi connectivity index (χ3v) is 8.05. The van der Waals surface area contributed by atoms with Gasteiger partial charge in [-0.15, -0.1) is 0 Å². The number of hydrogen-bond acceptors (Lipinski definition) is 7. The maximum atomic E-state index is 13.0. The summed E-state index contributed by atoms with van der Waals surface area (Å²) in [6, 6.07) is 1.62. The highest BCUT2D eigenvalue weighted by atomic mass is 32.2.